The molecule has 0 amide bonds. The number of nitrogens with one attached hydrogen (secondary N) is 1. The molecular formula is C13H17F4NO. The molecule has 2 nitrogen and oxygen atoms in total. The van der Waals surface area contributed by atoms with Crippen LogP contribution in [-0.2, 0) is 0 Å². The molecule has 0 heterocycles. The zero-order valence-corrected chi connectivity index (χ0v) is 11.1. The van der Waals surface area contributed by atoms with Crippen LogP contribution in [0.4, 0.5) is 17.6 Å². The highest BCUT2D eigenvalue weighted by Gasteiger charge is 2.20. The third-order valence-corrected chi connectivity index (χ3v) is 2.29. The van der Waals surface area contributed by atoms with Crippen LogP contribution in [0.5, 0.6) is 5.75 Å². The van der Waals surface area contributed by atoms with Crippen molar-refractivity contribution in [2.45, 2.75) is 32.7 Å². The molecule has 1 aromatic rings. The van der Waals surface area contributed by atoms with Gasteiger partial charge in [0.1, 0.15) is 0 Å². The first-order chi connectivity index (χ1) is 8.72. The molecule has 0 aliphatic heterocycles. The number of ether oxygens (including phenoxy) is 1. The van der Waals surface area contributed by atoms with Gasteiger partial charge in [-0.15, -0.1) is 0 Å². The lowest BCUT2D eigenvalue weighted by Gasteiger charge is -2.20. The molecule has 0 aliphatic rings. The summed E-state index contributed by atoms with van der Waals surface area (Å²) in [5.74, 6) is -6.97. The average Bonchev–Trinajstić information content (AvgIpc) is 2.29. The summed E-state index contributed by atoms with van der Waals surface area (Å²) in [6.45, 7) is 6.42. The van der Waals surface area contributed by atoms with E-state index in [-0.39, 0.29) is 18.2 Å². The molecule has 0 aliphatic carbocycles. The fourth-order valence-electron chi connectivity index (χ4n) is 1.39. The van der Waals surface area contributed by atoms with Gasteiger partial charge in [-0.05, 0) is 33.7 Å². The molecule has 0 atom stereocenters. The van der Waals surface area contributed by atoms with E-state index >= 15 is 0 Å². The second kappa shape index (κ2) is 6.23. The van der Waals surface area contributed by atoms with Crippen molar-refractivity contribution in [2.75, 3.05) is 13.2 Å². The number of hydrogen-bond donors (Lipinski definition) is 1. The molecule has 0 saturated heterocycles. The van der Waals surface area contributed by atoms with E-state index in [4.69, 9.17) is 4.74 Å². The predicted octanol–water partition coefficient (Wildman–Crippen LogP) is 3.40. The van der Waals surface area contributed by atoms with E-state index in [1.54, 1.807) is 0 Å². The Bertz CT molecular complexity index is 417. The van der Waals surface area contributed by atoms with Gasteiger partial charge in [-0.1, -0.05) is 0 Å². The Balaban J connectivity index is 2.54. The summed E-state index contributed by atoms with van der Waals surface area (Å²) in [6, 6.07) is 0.151. The van der Waals surface area contributed by atoms with Crippen LogP contribution in [0.3, 0.4) is 0 Å². The van der Waals surface area contributed by atoms with Crippen molar-refractivity contribution < 1.29 is 22.3 Å². The Morgan fingerprint density at radius 2 is 1.58 bits per heavy atom. The molecule has 1 rings (SSSR count). The minimum absolute atomic E-state index is 0.0419. The van der Waals surface area contributed by atoms with Crippen molar-refractivity contribution >= 4 is 0 Å². The van der Waals surface area contributed by atoms with Gasteiger partial charge in [0.15, 0.2) is 17.4 Å². The van der Waals surface area contributed by atoms with Gasteiger partial charge in [-0.2, -0.15) is 8.78 Å². The second-order valence-electron chi connectivity index (χ2n) is 5.18. The fourth-order valence-corrected chi connectivity index (χ4v) is 1.39. The predicted molar refractivity (Wildman–Crippen MR) is 64.1 cm³/mol. The third-order valence-electron chi connectivity index (χ3n) is 2.29. The van der Waals surface area contributed by atoms with Crippen LogP contribution in [0.25, 0.3) is 0 Å². The van der Waals surface area contributed by atoms with Gasteiger partial charge in [-0.25, -0.2) is 8.78 Å². The van der Waals surface area contributed by atoms with E-state index in [1.165, 1.54) is 0 Å². The Morgan fingerprint density at radius 1 is 1.05 bits per heavy atom. The first kappa shape index (κ1) is 15.8. The molecule has 0 bridgehead atoms. The minimum Gasteiger partial charge on any atom is -0.487 e. The first-order valence-electron chi connectivity index (χ1n) is 5.93. The summed E-state index contributed by atoms with van der Waals surface area (Å²) in [5.41, 5.74) is -0.0819. The van der Waals surface area contributed by atoms with Crippen LogP contribution in [0, 0.1) is 23.3 Å². The van der Waals surface area contributed by atoms with Crippen LogP contribution in [-0.4, -0.2) is 18.7 Å². The summed E-state index contributed by atoms with van der Waals surface area (Å²) >= 11 is 0. The number of hydrogen-bond acceptors (Lipinski definition) is 2. The zero-order chi connectivity index (χ0) is 14.6. The molecule has 6 heteroatoms. The van der Waals surface area contributed by atoms with Gasteiger partial charge in [0.2, 0.25) is 11.6 Å². The first-order valence-corrected chi connectivity index (χ1v) is 5.93. The van der Waals surface area contributed by atoms with Crippen LogP contribution < -0.4 is 10.1 Å². The summed E-state index contributed by atoms with van der Waals surface area (Å²) in [7, 11) is 0. The number of benzene rings is 1. The second-order valence-corrected chi connectivity index (χ2v) is 5.18. The highest BCUT2D eigenvalue weighted by molar-refractivity contribution is 5.28. The van der Waals surface area contributed by atoms with Gasteiger partial charge >= 0.3 is 0 Å². The Kier molecular flexibility index (Phi) is 5.17. The van der Waals surface area contributed by atoms with Gasteiger partial charge in [0.25, 0.3) is 0 Å². The maximum atomic E-state index is 13.2. The molecule has 0 unspecified atom stereocenters. The number of halogens is 4. The van der Waals surface area contributed by atoms with Crippen LogP contribution in [0.15, 0.2) is 6.07 Å². The molecule has 1 aromatic carbocycles. The van der Waals surface area contributed by atoms with E-state index in [0.717, 1.165) is 0 Å². The SMILES string of the molecule is CC(C)(C)NCCCOc1c(F)c(F)cc(F)c1F. The highest BCUT2D eigenvalue weighted by atomic mass is 19.2. The molecule has 0 saturated carbocycles. The van der Waals surface area contributed by atoms with E-state index < -0.39 is 29.0 Å². The topological polar surface area (TPSA) is 21.3 Å². The van der Waals surface area contributed by atoms with E-state index in [0.29, 0.717) is 13.0 Å². The van der Waals surface area contributed by atoms with Gasteiger partial charge in [0, 0.05) is 11.6 Å². The van der Waals surface area contributed by atoms with Crippen molar-refractivity contribution in [3.05, 3.63) is 29.3 Å². The normalized spacial score (nSPS) is 11.7. The average molecular weight is 279 g/mol. The standard InChI is InChI=1S/C13H17F4NO/c1-13(2,3)18-5-4-6-19-12-10(16)8(14)7-9(15)11(12)17/h7,18H,4-6H2,1-3H3. The largest absolute Gasteiger partial charge is 0.487 e. The van der Waals surface area contributed by atoms with Crippen molar-refractivity contribution in [3.63, 3.8) is 0 Å². The summed E-state index contributed by atoms with van der Waals surface area (Å²) in [5, 5.41) is 3.14. The Hall–Kier alpha value is -1.30. The van der Waals surface area contributed by atoms with Crippen molar-refractivity contribution in [2.24, 2.45) is 0 Å². The third kappa shape index (κ3) is 4.70. The summed E-state index contributed by atoms with van der Waals surface area (Å²) < 4.78 is 57.0. The maximum Gasteiger partial charge on any atom is 0.203 e. The van der Waals surface area contributed by atoms with Crippen molar-refractivity contribution in [1.82, 2.24) is 5.32 Å². The zero-order valence-electron chi connectivity index (χ0n) is 11.1. The van der Waals surface area contributed by atoms with Crippen molar-refractivity contribution in [3.8, 4) is 5.75 Å². The highest BCUT2D eigenvalue weighted by Crippen LogP contribution is 2.26. The van der Waals surface area contributed by atoms with E-state index in [1.807, 2.05) is 20.8 Å². The monoisotopic (exact) mass is 279 g/mol. The lowest BCUT2D eigenvalue weighted by molar-refractivity contribution is 0.261. The van der Waals surface area contributed by atoms with E-state index in [2.05, 4.69) is 5.32 Å². The van der Waals surface area contributed by atoms with Crippen LogP contribution >= 0.6 is 0 Å². The molecule has 0 spiro atoms. The van der Waals surface area contributed by atoms with Crippen molar-refractivity contribution in [1.29, 1.82) is 0 Å². The van der Waals surface area contributed by atoms with Crippen LogP contribution in [0.1, 0.15) is 27.2 Å². The fraction of sp³-hybridized carbons (Fsp3) is 0.538. The molecule has 108 valence electrons. The molecule has 0 aromatic heterocycles. The lowest BCUT2D eigenvalue weighted by Crippen LogP contribution is -2.36. The number of rotatable bonds is 5. The van der Waals surface area contributed by atoms with Crippen LogP contribution in [0.2, 0.25) is 0 Å². The maximum absolute atomic E-state index is 13.2. The Morgan fingerprint density at radius 3 is 2.05 bits per heavy atom. The van der Waals surface area contributed by atoms with E-state index in [9.17, 15) is 17.6 Å². The molecule has 0 fully saturated rings. The molecule has 0 radical (unpaired) electrons. The molecule has 19 heavy (non-hydrogen) atoms. The van der Waals surface area contributed by atoms with Gasteiger partial charge in [0.05, 0.1) is 6.61 Å². The Labute approximate surface area is 109 Å². The van der Waals surface area contributed by atoms with Gasteiger partial charge in [-0.3, -0.25) is 0 Å². The molecule has 1 N–H and O–H groups in total. The summed E-state index contributed by atoms with van der Waals surface area (Å²) in [6.07, 6.45) is 0.453. The smallest absolute Gasteiger partial charge is 0.203 e. The lowest BCUT2D eigenvalue weighted by atomic mass is 10.1. The minimum atomic E-state index is -1.51. The molecular weight excluding hydrogens is 262 g/mol. The summed E-state index contributed by atoms with van der Waals surface area (Å²) in [4.78, 5) is 0. The van der Waals surface area contributed by atoms with Gasteiger partial charge < -0.3 is 10.1 Å². The quantitative estimate of drug-likeness (QED) is 0.507.